The first kappa shape index (κ1) is 22.5. The number of benzene rings is 1. The number of aliphatic imine (C=N–C) groups is 1. The topological polar surface area (TPSA) is 102 Å². The zero-order valence-corrected chi connectivity index (χ0v) is 14.1. The van der Waals surface area contributed by atoms with E-state index in [1.807, 2.05) is 0 Å². The number of alkyl halides is 4. The van der Waals surface area contributed by atoms with Crippen molar-refractivity contribution < 1.29 is 41.4 Å². The van der Waals surface area contributed by atoms with Gasteiger partial charge in [-0.3, -0.25) is 14.6 Å². The Hall–Kier alpha value is -2.56. The SMILES string of the molecule is C[C@@]1(c2cc(CC(=O)C(F)(F)C(F)F)ccc2F)COCC(N)=N1.O=CO. The van der Waals surface area contributed by atoms with Crippen LogP contribution in [0, 0.1) is 5.82 Å². The molecule has 150 valence electrons. The Morgan fingerprint density at radius 1 is 1.48 bits per heavy atom. The minimum Gasteiger partial charge on any atom is -0.483 e. The van der Waals surface area contributed by atoms with E-state index in [9.17, 15) is 26.7 Å². The summed E-state index contributed by atoms with van der Waals surface area (Å²) in [5.74, 6) is -7.26. The number of hydrogen-bond donors (Lipinski definition) is 2. The van der Waals surface area contributed by atoms with Crippen LogP contribution >= 0.6 is 0 Å². The Bertz CT molecular complexity index is 727. The third kappa shape index (κ3) is 5.46. The number of amidine groups is 1. The minimum absolute atomic E-state index is 0.00475. The number of carbonyl (C=O) groups is 2. The molecule has 3 N–H and O–H groups in total. The number of nitrogens with two attached hydrogens (primary N) is 1. The number of hydrogen-bond acceptors (Lipinski definition) is 5. The molecule has 0 saturated carbocycles. The van der Waals surface area contributed by atoms with E-state index in [2.05, 4.69) is 4.99 Å². The van der Waals surface area contributed by atoms with Gasteiger partial charge in [0.15, 0.2) is 0 Å². The molecule has 1 aliphatic rings. The molecule has 0 saturated heterocycles. The van der Waals surface area contributed by atoms with Gasteiger partial charge in [-0.2, -0.15) is 8.78 Å². The van der Waals surface area contributed by atoms with E-state index >= 15 is 0 Å². The molecule has 1 aliphatic heterocycles. The third-order valence-corrected chi connectivity index (χ3v) is 3.64. The summed E-state index contributed by atoms with van der Waals surface area (Å²) in [6.07, 6.45) is -5.06. The van der Waals surface area contributed by atoms with Gasteiger partial charge in [0, 0.05) is 12.0 Å². The van der Waals surface area contributed by atoms with Crippen molar-refractivity contribution >= 4 is 18.1 Å². The maximum absolute atomic E-state index is 14.1. The average Bonchev–Trinajstić information content (AvgIpc) is 2.56. The Kier molecular flexibility index (Phi) is 7.40. The zero-order valence-electron chi connectivity index (χ0n) is 14.1. The highest BCUT2D eigenvalue weighted by molar-refractivity contribution is 5.88. The predicted molar refractivity (Wildman–Crippen MR) is 84.5 cm³/mol. The van der Waals surface area contributed by atoms with Crippen LogP contribution in [-0.4, -0.2) is 48.8 Å². The number of halogens is 5. The van der Waals surface area contributed by atoms with Crippen molar-refractivity contribution in [1.82, 2.24) is 0 Å². The smallest absolute Gasteiger partial charge is 0.364 e. The quantitative estimate of drug-likeness (QED) is 0.587. The Balaban J connectivity index is 0.00000114. The van der Waals surface area contributed by atoms with Gasteiger partial charge in [0.2, 0.25) is 5.78 Å². The molecule has 2 rings (SSSR count). The maximum atomic E-state index is 14.1. The second-order valence-electron chi connectivity index (χ2n) is 5.81. The molecular formula is C16H17F5N2O4. The van der Waals surface area contributed by atoms with Crippen LogP contribution in [0.3, 0.4) is 0 Å². The van der Waals surface area contributed by atoms with Crippen molar-refractivity contribution in [2.45, 2.75) is 31.2 Å². The molecule has 0 aromatic heterocycles. The van der Waals surface area contributed by atoms with Crippen LogP contribution in [0.15, 0.2) is 23.2 Å². The van der Waals surface area contributed by atoms with Crippen LogP contribution in [0.25, 0.3) is 0 Å². The maximum Gasteiger partial charge on any atom is 0.364 e. The van der Waals surface area contributed by atoms with E-state index in [0.717, 1.165) is 18.2 Å². The largest absolute Gasteiger partial charge is 0.483 e. The van der Waals surface area contributed by atoms with Crippen LogP contribution in [0.1, 0.15) is 18.1 Å². The lowest BCUT2D eigenvalue weighted by Gasteiger charge is -2.30. The van der Waals surface area contributed by atoms with E-state index in [1.165, 1.54) is 6.92 Å². The molecular weight excluding hydrogens is 379 g/mol. The first-order chi connectivity index (χ1) is 12.5. The number of carboxylic acid groups (broad SMARTS) is 1. The fourth-order valence-electron chi connectivity index (χ4n) is 2.39. The van der Waals surface area contributed by atoms with Crippen molar-refractivity contribution in [2.24, 2.45) is 10.7 Å². The van der Waals surface area contributed by atoms with Gasteiger partial charge in [0.1, 0.15) is 23.8 Å². The van der Waals surface area contributed by atoms with E-state index in [4.69, 9.17) is 20.4 Å². The summed E-state index contributed by atoms with van der Waals surface area (Å²) < 4.78 is 69.9. The van der Waals surface area contributed by atoms with Gasteiger partial charge >= 0.3 is 12.3 Å². The molecule has 27 heavy (non-hydrogen) atoms. The van der Waals surface area contributed by atoms with Gasteiger partial charge in [-0.15, -0.1) is 0 Å². The van der Waals surface area contributed by atoms with Gasteiger partial charge in [0.05, 0.1) is 6.61 Å². The van der Waals surface area contributed by atoms with Crippen molar-refractivity contribution in [3.63, 3.8) is 0 Å². The van der Waals surface area contributed by atoms with Crippen LogP contribution in [0.5, 0.6) is 0 Å². The molecule has 6 nitrogen and oxygen atoms in total. The Labute approximate surface area is 150 Å². The Morgan fingerprint density at radius 2 is 2.07 bits per heavy atom. The zero-order chi connectivity index (χ0) is 20.8. The standard InChI is InChI=1S/C15H15F5N2O2.CH2O2/c1-14(7-24-6-12(21)22-14)9-4-8(2-3-10(9)16)5-11(23)15(19,20)13(17)18;2-1-3/h2-4,13H,5-7H2,1H3,(H2,21,22);1H,(H,2,3)/t14-;/m0./s1. The number of Topliss-reactive ketones (excluding diaryl/α,β-unsaturated/α-hetero) is 1. The summed E-state index contributed by atoms with van der Waals surface area (Å²) >= 11 is 0. The molecule has 11 heteroatoms. The summed E-state index contributed by atoms with van der Waals surface area (Å²) in [7, 11) is 0. The lowest BCUT2D eigenvalue weighted by atomic mass is 9.89. The van der Waals surface area contributed by atoms with Crippen molar-refractivity contribution in [3.8, 4) is 0 Å². The molecule has 0 spiro atoms. The summed E-state index contributed by atoms with van der Waals surface area (Å²) in [4.78, 5) is 23.9. The second kappa shape index (κ2) is 8.89. The highest BCUT2D eigenvalue weighted by atomic mass is 19.3. The Morgan fingerprint density at radius 3 is 2.59 bits per heavy atom. The summed E-state index contributed by atoms with van der Waals surface area (Å²) in [6, 6.07) is 3.18. The molecule has 1 heterocycles. The number of ketones is 1. The van der Waals surface area contributed by atoms with Crippen molar-refractivity contribution in [3.05, 3.63) is 35.1 Å². The molecule has 1 aromatic carbocycles. The number of nitrogens with zero attached hydrogens (tertiary/aromatic N) is 1. The molecule has 0 fully saturated rings. The highest BCUT2D eigenvalue weighted by Gasteiger charge is 2.48. The normalized spacial score (nSPS) is 19.7. The van der Waals surface area contributed by atoms with E-state index in [-0.39, 0.29) is 36.6 Å². The van der Waals surface area contributed by atoms with Crippen molar-refractivity contribution in [2.75, 3.05) is 13.2 Å². The first-order valence-electron chi connectivity index (χ1n) is 7.46. The molecule has 0 amide bonds. The molecule has 0 aliphatic carbocycles. The molecule has 0 radical (unpaired) electrons. The van der Waals surface area contributed by atoms with Crippen LogP contribution in [0.4, 0.5) is 22.0 Å². The van der Waals surface area contributed by atoms with E-state index in [0.29, 0.717) is 0 Å². The van der Waals surface area contributed by atoms with Crippen LogP contribution in [-0.2, 0) is 26.3 Å². The second-order valence-corrected chi connectivity index (χ2v) is 5.81. The molecule has 0 bridgehead atoms. The summed E-state index contributed by atoms with van der Waals surface area (Å²) in [5.41, 5.74) is 4.33. The van der Waals surface area contributed by atoms with Gasteiger partial charge in [-0.1, -0.05) is 6.07 Å². The summed E-state index contributed by atoms with van der Waals surface area (Å²) in [6.45, 7) is 1.35. The van der Waals surface area contributed by atoms with Gasteiger partial charge in [-0.05, 0) is 24.6 Å². The molecule has 1 aromatic rings. The number of ether oxygens (including phenoxy) is 1. The van der Waals surface area contributed by atoms with Gasteiger partial charge in [0.25, 0.3) is 6.47 Å². The first-order valence-corrected chi connectivity index (χ1v) is 7.46. The van der Waals surface area contributed by atoms with Crippen LogP contribution in [0.2, 0.25) is 0 Å². The van der Waals surface area contributed by atoms with Gasteiger partial charge < -0.3 is 15.6 Å². The minimum atomic E-state index is -4.75. The van der Waals surface area contributed by atoms with E-state index in [1.54, 1.807) is 0 Å². The van der Waals surface area contributed by atoms with Gasteiger partial charge in [-0.25, -0.2) is 13.2 Å². The third-order valence-electron chi connectivity index (χ3n) is 3.64. The van der Waals surface area contributed by atoms with Crippen LogP contribution < -0.4 is 5.73 Å². The fourth-order valence-corrected chi connectivity index (χ4v) is 2.39. The number of carbonyl (C=O) groups excluding carboxylic acids is 1. The average molecular weight is 396 g/mol. The molecule has 1 atom stereocenters. The highest BCUT2D eigenvalue weighted by Crippen LogP contribution is 2.32. The fraction of sp³-hybridized carbons (Fsp3) is 0.438. The van der Waals surface area contributed by atoms with E-state index < -0.39 is 35.9 Å². The monoisotopic (exact) mass is 396 g/mol. The summed E-state index contributed by atoms with van der Waals surface area (Å²) in [5, 5.41) is 6.89. The lowest BCUT2D eigenvalue weighted by molar-refractivity contribution is -0.166. The lowest BCUT2D eigenvalue weighted by Crippen LogP contribution is -2.39. The number of rotatable bonds is 5. The predicted octanol–water partition coefficient (Wildman–Crippen LogP) is 2.14. The molecule has 0 unspecified atom stereocenters. The van der Waals surface area contributed by atoms with Crippen molar-refractivity contribution in [1.29, 1.82) is 0 Å².